The molecule has 196 valence electrons. The summed E-state index contributed by atoms with van der Waals surface area (Å²) in [5.41, 5.74) is 1.30. The Kier molecular flexibility index (Phi) is 14.7. The van der Waals surface area contributed by atoms with Gasteiger partial charge in [-0.15, -0.1) is 0 Å². The van der Waals surface area contributed by atoms with E-state index in [9.17, 15) is 13.0 Å². The molecule has 0 aromatic heterocycles. The van der Waals surface area contributed by atoms with Gasteiger partial charge in [-0.1, -0.05) is 135 Å². The van der Waals surface area contributed by atoms with Gasteiger partial charge in [0.05, 0.1) is 11.4 Å². The molecule has 0 fully saturated rings. The maximum Gasteiger partial charge on any atom is 0.361 e. The molecule has 5 nitrogen and oxygen atoms in total. The largest absolute Gasteiger partial charge is 0.363 e. The molecule has 1 atom stereocenters. The Morgan fingerprint density at radius 1 is 0.706 bits per heavy atom. The summed E-state index contributed by atoms with van der Waals surface area (Å²) in [5, 5.41) is 3.24. The highest BCUT2D eigenvalue weighted by atomic mass is 32.2. The van der Waals surface area contributed by atoms with E-state index in [2.05, 4.69) is 12.2 Å². The summed E-state index contributed by atoms with van der Waals surface area (Å²) in [6.45, 7) is 2.28. The number of benzene rings is 1. The number of hydrogen-bond donors (Lipinski definition) is 2. The number of hydrogen-bond acceptors (Lipinski definition) is 3. The zero-order chi connectivity index (χ0) is 24.5. The van der Waals surface area contributed by atoms with Crippen LogP contribution in [0.25, 0.3) is 0 Å². The monoisotopic (exact) mass is 494 g/mol. The van der Waals surface area contributed by atoms with Gasteiger partial charge in [0.2, 0.25) is 0 Å². The molecule has 0 amide bonds. The molecule has 0 saturated heterocycles. The summed E-state index contributed by atoms with van der Waals surface area (Å²) in [7, 11) is -4.27. The van der Waals surface area contributed by atoms with Gasteiger partial charge >= 0.3 is 10.3 Å². The highest BCUT2D eigenvalue weighted by molar-refractivity contribution is 7.87. The number of unbranched alkanes of at least 4 members (excludes halogenated alkanes) is 18. The second kappa shape index (κ2) is 17.2. The van der Waals surface area contributed by atoms with E-state index >= 15 is 0 Å². The van der Waals surface area contributed by atoms with Crippen LogP contribution in [-0.4, -0.2) is 19.1 Å². The van der Waals surface area contributed by atoms with E-state index in [4.69, 9.17) is 0 Å². The van der Waals surface area contributed by atoms with Crippen molar-refractivity contribution < 1.29 is 13.0 Å². The third kappa shape index (κ3) is 11.4. The Morgan fingerprint density at radius 2 is 1.12 bits per heavy atom. The van der Waals surface area contributed by atoms with Gasteiger partial charge in [0.25, 0.3) is 0 Å². The predicted molar refractivity (Wildman–Crippen MR) is 146 cm³/mol. The van der Waals surface area contributed by atoms with Crippen molar-refractivity contribution in [3.05, 3.63) is 24.3 Å². The number of nitrogens with one attached hydrogen (secondary N) is 1. The number of fused-ring (bicyclic) bond motifs is 1. The van der Waals surface area contributed by atoms with Gasteiger partial charge in [-0.05, 0) is 25.0 Å². The molecule has 1 aromatic rings. The van der Waals surface area contributed by atoms with Gasteiger partial charge < -0.3 is 5.32 Å². The lowest BCUT2D eigenvalue weighted by Crippen LogP contribution is -2.40. The van der Waals surface area contributed by atoms with Crippen molar-refractivity contribution in [1.29, 1.82) is 0 Å². The molecule has 6 heteroatoms. The minimum absolute atomic E-state index is 0.391. The Morgan fingerprint density at radius 3 is 1.56 bits per heavy atom. The van der Waals surface area contributed by atoms with Crippen LogP contribution in [0.5, 0.6) is 0 Å². The van der Waals surface area contributed by atoms with Crippen LogP contribution in [0, 0.1) is 0 Å². The Hall–Kier alpha value is -1.27. The van der Waals surface area contributed by atoms with Crippen LogP contribution in [0.3, 0.4) is 0 Å². The highest BCUT2D eigenvalue weighted by Crippen LogP contribution is 2.37. The molecule has 1 aliphatic rings. The van der Waals surface area contributed by atoms with Crippen molar-refractivity contribution in [1.82, 2.24) is 0 Å². The lowest BCUT2D eigenvalue weighted by atomic mass is 10.0. The van der Waals surface area contributed by atoms with Crippen LogP contribution < -0.4 is 9.62 Å². The standard InChI is InChI=1S/C28H50N2O3S/c1-2-3-4-5-6-7-8-9-10-11-12-13-14-15-16-17-18-19-20-25-28-29-26-23-21-22-24-27(26)30(28)34(31,32)33/h21-24,28-29H,2-20,25H2,1H3,(H,31,32,33). The second-order valence-corrected chi connectivity index (χ2v) is 11.4. The molecule has 2 N–H and O–H groups in total. The van der Waals surface area contributed by atoms with E-state index in [0.717, 1.165) is 22.8 Å². The quantitative estimate of drug-likeness (QED) is 0.132. The van der Waals surface area contributed by atoms with Gasteiger partial charge in [0.15, 0.2) is 0 Å². The van der Waals surface area contributed by atoms with Crippen molar-refractivity contribution in [3.8, 4) is 0 Å². The first-order chi connectivity index (χ1) is 16.5. The molecule has 0 bridgehead atoms. The maximum atomic E-state index is 11.8. The van der Waals surface area contributed by atoms with E-state index < -0.39 is 16.5 Å². The van der Waals surface area contributed by atoms with Crippen LogP contribution in [0.15, 0.2) is 24.3 Å². The van der Waals surface area contributed by atoms with Crippen molar-refractivity contribution >= 4 is 21.7 Å². The number of nitrogens with zero attached hydrogens (tertiary/aromatic N) is 1. The smallest absolute Gasteiger partial charge is 0.361 e. The molecule has 0 saturated carbocycles. The minimum atomic E-state index is -4.27. The second-order valence-electron chi connectivity index (χ2n) is 10.1. The van der Waals surface area contributed by atoms with Crippen molar-refractivity contribution in [2.45, 2.75) is 142 Å². The molecule has 2 rings (SSSR count). The molecular formula is C28H50N2O3S. The fraction of sp³-hybridized carbons (Fsp3) is 0.786. The van der Waals surface area contributed by atoms with Crippen molar-refractivity contribution in [3.63, 3.8) is 0 Å². The Balaban J connectivity index is 1.38. The number of para-hydroxylation sites is 2. The summed E-state index contributed by atoms with van der Waals surface area (Å²) in [6, 6.07) is 7.24. The van der Waals surface area contributed by atoms with Gasteiger partial charge in [-0.3, -0.25) is 4.55 Å². The highest BCUT2D eigenvalue weighted by Gasteiger charge is 2.35. The molecule has 1 unspecified atom stereocenters. The lowest BCUT2D eigenvalue weighted by Gasteiger charge is -2.23. The fourth-order valence-electron chi connectivity index (χ4n) is 5.08. The summed E-state index contributed by atoms with van der Waals surface area (Å²) < 4.78 is 34.5. The molecule has 1 aliphatic heterocycles. The van der Waals surface area contributed by atoms with Crippen LogP contribution in [0.1, 0.15) is 135 Å². The zero-order valence-electron chi connectivity index (χ0n) is 21.6. The van der Waals surface area contributed by atoms with Crippen LogP contribution >= 0.6 is 0 Å². The zero-order valence-corrected chi connectivity index (χ0v) is 22.5. The third-order valence-corrected chi connectivity index (χ3v) is 8.02. The molecule has 0 aliphatic carbocycles. The molecule has 1 aromatic carbocycles. The van der Waals surface area contributed by atoms with Crippen LogP contribution in [0.2, 0.25) is 0 Å². The van der Waals surface area contributed by atoms with Gasteiger partial charge in [0, 0.05) is 0 Å². The number of rotatable bonds is 21. The predicted octanol–water partition coefficient (Wildman–Crippen LogP) is 8.87. The molecule has 0 spiro atoms. The topological polar surface area (TPSA) is 69.6 Å². The fourth-order valence-corrected chi connectivity index (χ4v) is 5.97. The summed E-state index contributed by atoms with van der Waals surface area (Å²) >= 11 is 0. The summed E-state index contributed by atoms with van der Waals surface area (Å²) in [6.07, 6.45) is 25.8. The average Bonchev–Trinajstić information content (AvgIpc) is 3.19. The van der Waals surface area contributed by atoms with Crippen molar-refractivity contribution in [2.24, 2.45) is 0 Å². The first kappa shape index (κ1) is 29.0. The maximum absolute atomic E-state index is 11.8. The molecule has 0 radical (unpaired) electrons. The van der Waals surface area contributed by atoms with Gasteiger partial charge in [-0.25, -0.2) is 4.31 Å². The van der Waals surface area contributed by atoms with Gasteiger partial charge in [0.1, 0.15) is 6.17 Å². The normalized spacial score (nSPS) is 15.5. The van der Waals surface area contributed by atoms with Crippen LogP contribution in [-0.2, 0) is 10.3 Å². The van der Waals surface area contributed by atoms with Crippen molar-refractivity contribution in [2.75, 3.05) is 9.62 Å². The molecule has 1 heterocycles. The summed E-state index contributed by atoms with van der Waals surface area (Å²) in [5.74, 6) is 0. The Labute approximate surface area is 210 Å². The van der Waals surface area contributed by atoms with Gasteiger partial charge in [-0.2, -0.15) is 8.42 Å². The lowest BCUT2D eigenvalue weighted by molar-refractivity contribution is 0.467. The first-order valence-corrected chi connectivity index (χ1v) is 15.6. The minimum Gasteiger partial charge on any atom is -0.363 e. The average molecular weight is 495 g/mol. The van der Waals surface area contributed by atoms with E-state index in [-0.39, 0.29) is 0 Å². The molecular weight excluding hydrogens is 444 g/mol. The van der Waals surface area contributed by atoms with E-state index in [0.29, 0.717) is 12.1 Å². The van der Waals surface area contributed by atoms with E-state index in [1.165, 1.54) is 109 Å². The number of anilines is 2. The van der Waals surface area contributed by atoms with E-state index in [1.54, 1.807) is 12.1 Å². The third-order valence-electron chi connectivity index (χ3n) is 7.08. The van der Waals surface area contributed by atoms with Crippen LogP contribution in [0.4, 0.5) is 11.4 Å². The van der Waals surface area contributed by atoms with E-state index in [1.807, 2.05) is 12.1 Å². The Bertz CT molecular complexity index is 754. The first-order valence-electron chi connectivity index (χ1n) is 14.2. The SMILES string of the molecule is CCCCCCCCCCCCCCCCCCCCCC1Nc2ccccc2N1S(=O)(=O)O. The summed E-state index contributed by atoms with van der Waals surface area (Å²) in [4.78, 5) is 0. The molecule has 34 heavy (non-hydrogen) atoms.